The van der Waals surface area contributed by atoms with Crippen molar-refractivity contribution in [3.63, 3.8) is 0 Å². The smallest absolute Gasteiger partial charge is 0.264 e. The van der Waals surface area contributed by atoms with Crippen molar-refractivity contribution in [3.05, 3.63) is 95.8 Å². The van der Waals surface area contributed by atoms with Gasteiger partial charge in [0.1, 0.15) is 18.4 Å². The molecule has 0 fully saturated rings. The molecule has 0 spiro atoms. The number of nitrogens with one attached hydrogen (secondary N) is 1. The average molecular weight is 554 g/mol. The van der Waals surface area contributed by atoms with Crippen molar-refractivity contribution < 1.29 is 22.4 Å². The third-order valence-corrected chi connectivity index (χ3v) is 8.49. The number of amides is 2. The summed E-state index contributed by atoms with van der Waals surface area (Å²) in [5.74, 6) is -1.72. The highest BCUT2D eigenvalue weighted by molar-refractivity contribution is 7.92. The van der Waals surface area contributed by atoms with Gasteiger partial charge in [-0.25, -0.2) is 12.8 Å². The van der Waals surface area contributed by atoms with Crippen molar-refractivity contribution in [3.8, 4) is 0 Å². The first-order valence-corrected chi connectivity index (χ1v) is 14.5. The van der Waals surface area contributed by atoms with E-state index in [1.54, 1.807) is 25.1 Å². The molecule has 7 nitrogen and oxygen atoms in total. The highest BCUT2D eigenvalue weighted by Crippen LogP contribution is 2.27. The maximum Gasteiger partial charge on any atom is 0.264 e. The van der Waals surface area contributed by atoms with E-state index in [1.807, 2.05) is 45.0 Å². The predicted molar refractivity (Wildman–Crippen MR) is 151 cm³/mol. The summed E-state index contributed by atoms with van der Waals surface area (Å²) in [6, 6.07) is 19.5. The van der Waals surface area contributed by atoms with Crippen molar-refractivity contribution >= 4 is 27.5 Å². The molecule has 9 heteroatoms. The molecule has 208 valence electrons. The van der Waals surface area contributed by atoms with E-state index in [1.165, 1.54) is 35.2 Å². The molecule has 3 rings (SSSR count). The zero-order chi connectivity index (χ0) is 28.6. The van der Waals surface area contributed by atoms with Crippen molar-refractivity contribution in [2.45, 2.75) is 64.1 Å². The SMILES string of the molecule is CC[C@H](C(=O)N[C@@H](C)CC)N(Cc1ccccc1C)C(=O)CN(c1ccccc1F)S(=O)(=O)c1ccccc1. The molecule has 0 aliphatic carbocycles. The third-order valence-electron chi connectivity index (χ3n) is 6.72. The lowest BCUT2D eigenvalue weighted by Gasteiger charge is -2.34. The Kier molecular flexibility index (Phi) is 10.2. The number of carbonyl (C=O) groups excluding carboxylic acids is 2. The Hall–Kier alpha value is -3.72. The van der Waals surface area contributed by atoms with Crippen LogP contribution in [-0.4, -0.2) is 43.8 Å². The van der Waals surface area contributed by atoms with E-state index in [0.29, 0.717) is 12.8 Å². The molecule has 0 unspecified atom stereocenters. The van der Waals surface area contributed by atoms with Gasteiger partial charge in [0.25, 0.3) is 10.0 Å². The number of para-hydroxylation sites is 1. The standard InChI is InChI=1S/C30H36FN3O4S/c1-5-23(4)32-30(36)27(6-2)33(20-24-15-11-10-14-22(24)3)29(35)21-34(28-19-13-12-18-26(28)31)39(37,38)25-16-8-7-9-17-25/h7-19,23,27H,5-6,20-21H2,1-4H3,(H,32,36)/t23-,27+/m0/s1. The molecule has 0 bridgehead atoms. The number of hydrogen-bond acceptors (Lipinski definition) is 4. The minimum atomic E-state index is -4.32. The van der Waals surface area contributed by atoms with Crippen LogP contribution < -0.4 is 9.62 Å². The minimum Gasteiger partial charge on any atom is -0.352 e. The van der Waals surface area contributed by atoms with E-state index in [4.69, 9.17) is 0 Å². The molecule has 3 aromatic carbocycles. The number of hydrogen-bond donors (Lipinski definition) is 1. The van der Waals surface area contributed by atoms with E-state index >= 15 is 0 Å². The van der Waals surface area contributed by atoms with Crippen LogP contribution in [0.15, 0.2) is 83.8 Å². The minimum absolute atomic E-state index is 0.0759. The largest absolute Gasteiger partial charge is 0.352 e. The number of nitrogens with zero attached hydrogens (tertiary/aromatic N) is 2. The third kappa shape index (κ3) is 7.23. The van der Waals surface area contributed by atoms with Gasteiger partial charge in [-0.2, -0.15) is 0 Å². The van der Waals surface area contributed by atoms with Gasteiger partial charge in [0, 0.05) is 12.6 Å². The second kappa shape index (κ2) is 13.4. The van der Waals surface area contributed by atoms with Crippen molar-refractivity contribution in [1.29, 1.82) is 0 Å². The van der Waals surface area contributed by atoms with Gasteiger partial charge < -0.3 is 10.2 Å². The molecule has 39 heavy (non-hydrogen) atoms. The van der Waals surface area contributed by atoms with Crippen molar-refractivity contribution in [1.82, 2.24) is 10.2 Å². The molecule has 0 saturated carbocycles. The second-order valence-electron chi connectivity index (χ2n) is 9.47. The first kappa shape index (κ1) is 29.8. The van der Waals surface area contributed by atoms with Gasteiger partial charge in [0.15, 0.2) is 0 Å². The van der Waals surface area contributed by atoms with Crippen LogP contribution in [-0.2, 0) is 26.2 Å². The van der Waals surface area contributed by atoms with Crippen LogP contribution in [0.25, 0.3) is 0 Å². The van der Waals surface area contributed by atoms with Gasteiger partial charge in [-0.1, -0.05) is 68.4 Å². The Morgan fingerprint density at radius 3 is 2.13 bits per heavy atom. The lowest BCUT2D eigenvalue weighted by atomic mass is 10.1. The molecule has 0 radical (unpaired) electrons. The molecule has 3 aromatic rings. The first-order chi connectivity index (χ1) is 18.6. The van der Waals surface area contributed by atoms with Gasteiger partial charge in [-0.05, 0) is 62.1 Å². The molecule has 0 saturated heterocycles. The molecule has 0 aromatic heterocycles. The van der Waals surface area contributed by atoms with E-state index in [-0.39, 0.29) is 29.1 Å². The summed E-state index contributed by atoms with van der Waals surface area (Å²) >= 11 is 0. The van der Waals surface area contributed by atoms with Gasteiger partial charge in [-0.15, -0.1) is 0 Å². The fourth-order valence-corrected chi connectivity index (χ4v) is 5.66. The Morgan fingerprint density at radius 2 is 1.51 bits per heavy atom. The Morgan fingerprint density at radius 1 is 0.897 bits per heavy atom. The number of rotatable bonds is 12. The summed E-state index contributed by atoms with van der Waals surface area (Å²) < 4.78 is 43.2. The number of anilines is 1. The lowest BCUT2D eigenvalue weighted by Crippen LogP contribution is -2.53. The van der Waals surface area contributed by atoms with Crippen LogP contribution in [0.1, 0.15) is 44.7 Å². The highest BCUT2D eigenvalue weighted by atomic mass is 32.2. The van der Waals surface area contributed by atoms with Gasteiger partial charge >= 0.3 is 0 Å². The number of sulfonamides is 1. The fraction of sp³-hybridized carbons (Fsp3) is 0.333. The van der Waals surface area contributed by atoms with Crippen LogP contribution in [0, 0.1) is 12.7 Å². The number of benzene rings is 3. The molecule has 1 N–H and O–H groups in total. The number of halogens is 1. The zero-order valence-corrected chi connectivity index (χ0v) is 23.6. The highest BCUT2D eigenvalue weighted by Gasteiger charge is 2.34. The van der Waals surface area contributed by atoms with E-state index in [2.05, 4.69) is 5.32 Å². The summed E-state index contributed by atoms with van der Waals surface area (Å²) in [5, 5.41) is 2.94. The molecule has 2 amide bonds. The van der Waals surface area contributed by atoms with Gasteiger partial charge in [0.2, 0.25) is 11.8 Å². The van der Waals surface area contributed by atoms with Gasteiger partial charge in [0.05, 0.1) is 10.6 Å². The predicted octanol–water partition coefficient (Wildman–Crippen LogP) is 5.05. The maximum atomic E-state index is 15.0. The Bertz CT molecular complexity index is 1380. The van der Waals surface area contributed by atoms with Crippen LogP contribution in [0.5, 0.6) is 0 Å². The van der Waals surface area contributed by atoms with E-state index in [9.17, 15) is 22.4 Å². The summed E-state index contributed by atoms with van der Waals surface area (Å²) in [7, 11) is -4.32. The van der Waals surface area contributed by atoms with Gasteiger partial charge in [-0.3, -0.25) is 13.9 Å². The van der Waals surface area contributed by atoms with Crippen LogP contribution in [0.3, 0.4) is 0 Å². The zero-order valence-electron chi connectivity index (χ0n) is 22.8. The summed E-state index contributed by atoms with van der Waals surface area (Å²) in [6.07, 6.45) is 1.02. The molecule has 0 aliphatic rings. The van der Waals surface area contributed by atoms with Crippen LogP contribution in [0.2, 0.25) is 0 Å². The summed E-state index contributed by atoms with van der Waals surface area (Å²) in [5.41, 5.74) is 1.50. The number of aryl methyl sites for hydroxylation is 1. The summed E-state index contributed by atoms with van der Waals surface area (Å²) in [6.45, 7) is 6.94. The summed E-state index contributed by atoms with van der Waals surface area (Å²) in [4.78, 5) is 28.6. The number of carbonyl (C=O) groups is 2. The van der Waals surface area contributed by atoms with E-state index < -0.39 is 34.3 Å². The molecule has 2 atom stereocenters. The van der Waals surface area contributed by atoms with Crippen molar-refractivity contribution in [2.24, 2.45) is 0 Å². The first-order valence-electron chi connectivity index (χ1n) is 13.1. The maximum absolute atomic E-state index is 15.0. The Balaban J connectivity index is 2.07. The van der Waals surface area contributed by atoms with Crippen molar-refractivity contribution in [2.75, 3.05) is 10.8 Å². The fourth-order valence-electron chi connectivity index (χ4n) is 4.22. The topological polar surface area (TPSA) is 86.8 Å². The molecule has 0 heterocycles. The van der Waals surface area contributed by atoms with E-state index in [0.717, 1.165) is 21.5 Å². The normalized spacial score (nSPS) is 12.8. The Labute approximate surface area is 230 Å². The van der Waals surface area contributed by atoms with Crippen LogP contribution >= 0.6 is 0 Å². The lowest BCUT2D eigenvalue weighted by molar-refractivity contribution is -0.140. The molecular formula is C30H36FN3O4S. The van der Waals surface area contributed by atoms with Crippen LogP contribution in [0.4, 0.5) is 10.1 Å². The molecular weight excluding hydrogens is 517 g/mol. The monoisotopic (exact) mass is 553 g/mol. The second-order valence-corrected chi connectivity index (χ2v) is 11.3. The average Bonchev–Trinajstić information content (AvgIpc) is 2.93. The molecule has 0 aliphatic heterocycles. The quantitative estimate of drug-likeness (QED) is 0.340.